The van der Waals surface area contributed by atoms with Gasteiger partial charge in [-0.3, -0.25) is 4.79 Å². The molecule has 2 aliphatic carbocycles. The fourth-order valence-electron chi connectivity index (χ4n) is 6.19. The maximum Gasteiger partial charge on any atom is 0.308 e. The summed E-state index contributed by atoms with van der Waals surface area (Å²) in [5, 5.41) is 0. The third-order valence-electron chi connectivity index (χ3n) is 8.19. The molecule has 1 aromatic rings. The SMILES string of the molecule is CCCCCCC[C@H]1CC[C@H]([C@H]2CC[C@H](CCc3ccc(OC(C)=O)cc3)CC2)CC1. The number of rotatable bonds is 11. The molecule has 0 spiro atoms. The van der Waals surface area contributed by atoms with E-state index in [0.29, 0.717) is 5.75 Å². The van der Waals surface area contributed by atoms with E-state index in [1.165, 1.54) is 109 Å². The summed E-state index contributed by atoms with van der Waals surface area (Å²) in [5.74, 6) is 4.41. The first-order chi connectivity index (χ1) is 15.1. The molecule has 0 aliphatic heterocycles. The van der Waals surface area contributed by atoms with Gasteiger partial charge in [-0.25, -0.2) is 0 Å². The summed E-state index contributed by atoms with van der Waals surface area (Å²) < 4.78 is 5.13. The van der Waals surface area contributed by atoms with E-state index in [2.05, 4.69) is 19.1 Å². The molecule has 2 aliphatic rings. The van der Waals surface area contributed by atoms with Crippen LogP contribution in [0.4, 0.5) is 0 Å². The Bertz CT molecular complexity index is 619. The molecule has 174 valence electrons. The lowest BCUT2D eigenvalue weighted by atomic mass is 9.68. The Balaban J connectivity index is 1.28. The third kappa shape index (κ3) is 8.62. The second kappa shape index (κ2) is 13.3. The van der Waals surface area contributed by atoms with Crippen molar-refractivity contribution in [1.29, 1.82) is 0 Å². The van der Waals surface area contributed by atoms with Crippen LogP contribution in [0, 0.1) is 23.7 Å². The summed E-state index contributed by atoms with van der Waals surface area (Å²) in [6, 6.07) is 8.09. The van der Waals surface area contributed by atoms with Gasteiger partial charge in [0.05, 0.1) is 0 Å². The minimum Gasteiger partial charge on any atom is -0.427 e. The molecule has 2 saturated carbocycles. The second-order valence-electron chi connectivity index (χ2n) is 10.5. The van der Waals surface area contributed by atoms with Crippen LogP contribution in [0.5, 0.6) is 5.75 Å². The quantitative estimate of drug-likeness (QED) is 0.201. The van der Waals surface area contributed by atoms with Crippen molar-refractivity contribution in [2.24, 2.45) is 23.7 Å². The Kier molecular flexibility index (Phi) is 10.4. The molecule has 0 amide bonds. The first kappa shape index (κ1) is 24.3. The van der Waals surface area contributed by atoms with Crippen LogP contribution >= 0.6 is 0 Å². The molecule has 3 rings (SSSR count). The highest BCUT2D eigenvalue weighted by Crippen LogP contribution is 2.43. The van der Waals surface area contributed by atoms with Gasteiger partial charge in [-0.1, -0.05) is 83.3 Å². The summed E-state index contributed by atoms with van der Waals surface area (Å²) in [6.07, 6.45) is 23.0. The summed E-state index contributed by atoms with van der Waals surface area (Å²) in [6.45, 7) is 3.76. The zero-order valence-electron chi connectivity index (χ0n) is 20.2. The smallest absolute Gasteiger partial charge is 0.308 e. The number of hydrogen-bond donors (Lipinski definition) is 0. The monoisotopic (exact) mass is 426 g/mol. The molecule has 2 fully saturated rings. The van der Waals surface area contributed by atoms with Crippen LogP contribution in [0.2, 0.25) is 0 Å². The molecule has 0 N–H and O–H groups in total. The van der Waals surface area contributed by atoms with Gasteiger partial charge < -0.3 is 4.74 Å². The second-order valence-corrected chi connectivity index (χ2v) is 10.5. The Labute approximate surface area is 191 Å². The Hall–Kier alpha value is -1.31. The van der Waals surface area contributed by atoms with E-state index in [4.69, 9.17) is 4.74 Å². The minimum absolute atomic E-state index is 0.250. The highest BCUT2D eigenvalue weighted by molar-refractivity contribution is 5.69. The van der Waals surface area contributed by atoms with Gasteiger partial charge in [-0.05, 0) is 79.9 Å². The number of aryl methyl sites for hydroxylation is 1. The van der Waals surface area contributed by atoms with Gasteiger partial charge in [0.1, 0.15) is 5.75 Å². The van der Waals surface area contributed by atoms with Crippen molar-refractivity contribution in [3.05, 3.63) is 29.8 Å². The fourth-order valence-corrected chi connectivity index (χ4v) is 6.19. The molecule has 0 heterocycles. The van der Waals surface area contributed by atoms with Crippen molar-refractivity contribution in [1.82, 2.24) is 0 Å². The average Bonchev–Trinajstić information content (AvgIpc) is 2.79. The van der Waals surface area contributed by atoms with Gasteiger partial charge in [0.15, 0.2) is 0 Å². The zero-order chi connectivity index (χ0) is 21.9. The number of benzene rings is 1. The molecule has 31 heavy (non-hydrogen) atoms. The first-order valence-corrected chi connectivity index (χ1v) is 13.4. The largest absolute Gasteiger partial charge is 0.427 e. The topological polar surface area (TPSA) is 26.3 Å². The maximum atomic E-state index is 11.0. The van der Waals surface area contributed by atoms with Gasteiger partial charge in [-0.15, -0.1) is 0 Å². The Morgan fingerprint density at radius 2 is 1.32 bits per heavy atom. The number of hydrogen-bond acceptors (Lipinski definition) is 2. The van der Waals surface area contributed by atoms with Gasteiger partial charge in [0.2, 0.25) is 0 Å². The lowest BCUT2D eigenvalue weighted by Crippen LogP contribution is -2.26. The standard InChI is InChI=1S/C29H46O2/c1-3-4-5-6-7-8-24-11-17-27(18-12-24)28-19-13-25(14-20-28)9-10-26-15-21-29(22-16-26)31-23(2)30/h15-16,21-22,24-25,27-28H,3-14,17-20H2,1-2H3/t24-,25-,27-,28-. The third-order valence-corrected chi connectivity index (χ3v) is 8.19. The van der Waals surface area contributed by atoms with Gasteiger partial charge in [-0.2, -0.15) is 0 Å². The van der Waals surface area contributed by atoms with Crippen LogP contribution in [0.15, 0.2) is 24.3 Å². The lowest BCUT2D eigenvalue weighted by molar-refractivity contribution is -0.131. The van der Waals surface area contributed by atoms with Crippen LogP contribution in [0.1, 0.15) is 116 Å². The Morgan fingerprint density at radius 1 is 0.774 bits per heavy atom. The van der Waals surface area contributed by atoms with Gasteiger partial charge in [0, 0.05) is 6.92 Å². The predicted molar refractivity (Wildman–Crippen MR) is 130 cm³/mol. The van der Waals surface area contributed by atoms with E-state index in [-0.39, 0.29) is 5.97 Å². The van der Waals surface area contributed by atoms with E-state index in [9.17, 15) is 4.79 Å². The number of unbranched alkanes of at least 4 members (excludes halogenated alkanes) is 4. The van der Waals surface area contributed by atoms with E-state index in [1.807, 2.05) is 12.1 Å². The maximum absolute atomic E-state index is 11.0. The first-order valence-electron chi connectivity index (χ1n) is 13.4. The summed E-state index contributed by atoms with van der Waals surface area (Å²) in [7, 11) is 0. The predicted octanol–water partition coefficient (Wildman–Crippen LogP) is 8.52. The highest BCUT2D eigenvalue weighted by Gasteiger charge is 2.30. The molecular weight excluding hydrogens is 380 g/mol. The molecule has 0 saturated heterocycles. The van der Waals surface area contributed by atoms with Crippen LogP contribution in [-0.4, -0.2) is 5.97 Å². The van der Waals surface area contributed by atoms with Crippen LogP contribution < -0.4 is 4.74 Å². The highest BCUT2D eigenvalue weighted by atomic mass is 16.5. The van der Waals surface area contributed by atoms with Gasteiger partial charge >= 0.3 is 5.97 Å². The molecule has 0 unspecified atom stereocenters. The number of esters is 1. The molecule has 0 radical (unpaired) electrons. The van der Waals surface area contributed by atoms with Crippen LogP contribution in [0.25, 0.3) is 0 Å². The number of carbonyl (C=O) groups excluding carboxylic acids is 1. The van der Waals surface area contributed by atoms with Crippen molar-refractivity contribution >= 4 is 5.97 Å². The van der Waals surface area contributed by atoms with Crippen molar-refractivity contribution in [3.8, 4) is 5.75 Å². The lowest BCUT2D eigenvalue weighted by Gasteiger charge is -2.38. The fraction of sp³-hybridized carbons (Fsp3) is 0.759. The molecule has 0 aromatic heterocycles. The average molecular weight is 427 g/mol. The Morgan fingerprint density at radius 3 is 1.87 bits per heavy atom. The summed E-state index contributed by atoms with van der Waals surface area (Å²) >= 11 is 0. The molecule has 0 bridgehead atoms. The summed E-state index contributed by atoms with van der Waals surface area (Å²) in [5.41, 5.74) is 1.37. The van der Waals surface area contributed by atoms with Crippen molar-refractivity contribution in [2.75, 3.05) is 0 Å². The van der Waals surface area contributed by atoms with Crippen molar-refractivity contribution in [2.45, 2.75) is 117 Å². The van der Waals surface area contributed by atoms with Crippen LogP contribution in [-0.2, 0) is 11.2 Å². The van der Waals surface area contributed by atoms with E-state index in [1.54, 1.807) is 0 Å². The molecule has 0 atom stereocenters. The number of carbonyl (C=O) groups is 1. The molecule has 2 heteroatoms. The van der Waals surface area contributed by atoms with Crippen molar-refractivity contribution in [3.63, 3.8) is 0 Å². The van der Waals surface area contributed by atoms with Gasteiger partial charge in [0.25, 0.3) is 0 Å². The normalized spacial score (nSPS) is 26.5. The minimum atomic E-state index is -0.250. The summed E-state index contributed by atoms with van der Waals surface area (Å²) in [4.78, 5) is 11.0. The number of ether oxygens (including phenoxy) is 1. The molecule has 1 aromatic carbocycles. The molecule has 2 nitrogen and oxygen atoms in total. The zero-order valence-corrected chi connectivity index (χ0v) is 20.2. The van der Waals surface area contributed by atoms with Crippen molar-refractivity contribution < 1.29 is 9.53 Å². The molecular formula is C29H46O2. The van der Waals surface area contributed by atoms with E-state index in [0.717, 1.165) is 30.1 Å². The van der Waals surface area contributed by atoms with Crippen LogP contribution in [0.3, 0.4) is 0 Å². The van der Waals surface area contributed by atoms with E-state index >= 15 is 0 Å². The van der Waals surface area contributed by atoms with E-state index < -0.39 is 0 Å².